The third kappa shape index (κ3) is 3.21. The molecular weight excluding hydrogens is 331 g/mol. The monoisotopic (exact) mass is 350 g/mol. The van der Waals surface area contributed by atoms with E-state index in [0.29, 0.717) is 24.4 Å². The summed E-state index contributed by atoms with van der Waals surface area (Å²) in [5.41, 5.74) is 0.819. The molecule has 2 atom stereocenters. The highest BCUT2D eigenvalue weighted by atomic mass is 32.2. The number of carbonyl (C=O) groups excluding carboxylic acids is 1. The van der Waals surface area contributed by atoms with E-state index in [0.717, 1.165) is 5.56 Å². The average molecular weight is 350 g/mol. The Hall–Kier alpha value is -1.79. The Morgan fingerprint density at radius 2 is 2.38 bits per heavy atom. The first-order chi connectivity index (χ1) is 11.6. The van der Waals surface area contributed by atoms with Crippen LogP contribution < -0.4 is 4.74 Å². The van der Waals surface area contributed by atoms with Crippen LogP contribution in [0.4, 0.5) is 4.39 Å². The molecule has 0 aromatic heterocycles. The molecule has 0 saturated carbocycles. The maximum atomic E-state index is 13.8. The van der Waals surface area contributed by atoms with E-state index in [9.17, 15) is 9.18 Å². The molecule has 1 aliphatic carbocycles. The van der Waals surface area contributed by atoms with Gasteiger partial charge in [-0.2, -0.15) is 0 Å². The summed E-state index contributed by atoms with van der Waals surface area (Å²) in [7, 11) is 1.44. The lowest BCUT2D eigenvalue weighted by atomic mass is 9.87. The van der Waals surface area contributed by atoms with Crippen LogP contribution in [-0.2, 0) is 20.0 Å². The molecule has 4 nitrogen and oxygen atoms in total. The number of rotatable bonds is 6. The van der Waals surface area contributed by atoms with Crippen molar-refractivity contribution in [1.29, 1.82) is 0 Å². The van der Waals surface area contributed by atoms with E-state index in [-0.39, 0.29) is 24.2 Å². The van der Waals surface area contributed by atoms with E-state index in [1.165, 1.54) is 31.0 Å². The van der Waals surface area contributed by atoms with Gasteiger partial charge in [-0.3, -0.25) is 4.79 Å². The Morgan fingerprint density at radius 1 is 1.54 bits per heavy atom. The molecule has 3 rings (SSSR count). The molecule has 1 aromatic rings. The van der Waals surface area contributed by atoms with Gasteiger partial charge in [0.15, 0.2) is 29.1 Å². The smallest absolute Gasteiger partial charge is 0.190 e. The number of carbonyl (C=O) groups is 1. The number of benzene rings is 1. The zero-order chi connectivity index (χ0) is 17.2. The summed E-state index contributed by atoms with van der Waals surface area (Å²) in [5, 5.41) is 0. The third-order valence-corrected chi connectivity index (χ3v) is 5.64. The first-order valence-electron chi connectivity index (χ1n) is 7.68. The average Bonchev–Trinajstić information content (AvgIpc) is 2.96. The Balaban J connectivity index is 1.77. The van der Waals surface area contributed by atoms with E-state index in [4.69, 9.17) is 14.2 Å². The molecular formula is C18H19FO4S. The van der Waals surface area contributed by atoms with Crippen molar-refractivity contribution in [3.05, 3.63) is 54.1 Å². The second-order valence-corrected chi connectivity index (χ2v) is 6.99. The summed E-state index contributed by atoms with van der Waals surface area (Å²) >= 11 is 1.51. The number of methoxy groups -OCH3 is 1. The fourth-order valence-electron chi connectivity index (χ4n) is 2.92. The fraction of sp³-hybridized carbons (Fsp3) is 0.389. The highest BCUT2D eigenvalue weighted by Gasteiger charge is 2.48. The lowest BCUT2D eigenvalue weighted by Crippen LogP contribution is -2.36. The minimum atomic E-state index is -0.683. The minimum absolute atomic E-state index is 0.0436. The van der Waals surface area contributed by atoms with Crippen LogP contribution in [0.5, 0.6) is 5.75 Å². The molecule has 1 heterocycles. The molecule has 6 heteroatoms. The van der Waals surface area contributed by atoms with Crippen LogP contribution in [0.15, 0.2) is 42.7 Å². The Labute approximate surface area is 144 Å². The molecule has 1 aliphatic heterocycles. The van der Waals surface area contributed by atoms with Crippen molar-refractivity contribution in [2.24, 2.45) is 5.92 Å². The molecule has 1 saturated heterocycles. The molecule has 0 N–H and O–H groups in total. The number of thioether (sulfide) groups is 1. The van der Waals surface area contributed by atoms with E-state index in [2.05, 4.69) is 6.58 Å². The van der Waals surface area contributed by atoms with Gasteiger partial charge in [0.25, 0.3) is 0 Å². The van der Waals surface area contributed by atoms with Crippen LogP contribution in [0.25, 0.3) is 0 Å². The standard InChI is InChI=1S/C18H19FO4S/c1-3-4-13-9-18(17(8-15(13)20)22-11-23-18)24-10-12-5-6-16(21-2)14(19)7-12/h3,5-8,13H,1,4,9-11H2,2H3/t13-,18+/m0/s1. The van der Waals surface area contributed by atoms with Gasteiger partial charge in [-0.15, -0.1) is 18.3 Å². The SMILES string of the molecule is C=CC[C@H]1C[C@]2(SCc3ccc(OC)c(F)c3)OCOC2=CC1=O. The number of allylic oxidation sites excluding steroid dienone is 2. The minimum Gasteiger partial charge on any atom is -0.494 e. The van der Waals surface area contributed by atoms with Crippen molar-refractivity contribution in [2.75, 3.05) is 13.9 Å². The molecule has 128 valence electrons. The fourth-order valence-corrected chi connectivity index (χ4v) is 4.21. The number of fused-ring (bicyclic) bond motifs is 1. The molecule has 1 aromatic carbocycles. The van der Waals surface area contributed by atoms with Gasteiger partial charge in [0.2, 0.25) is 0 Å². The van der Waals surface area contributed by atoms with Crippen molar-refractivity contribution < 1.29 is 23.4 Å². The van der Waals surface area contributed by atoms with Gasteiger partial charge in [0.05, 0.1) is 7.11 Å². The van der Waals surface area contributed by atoms with Crippen molar-refractivity contribution in [3.8, 4) is 5.75 Å². The van der Waals surface area contributed by atoms with Gasteiger partial charge < -0.3 is 14.2 Å². The lowest BCUT2D eigenvalue weighted by molar-refractivity contribution is -0.120. The summed E-state index contributed by atoms with van der Waals surface area (Å²) in [4.78, 5) is 11.4. The summed E-state index contributed by atoms with van der Waals surface area (Å²) in [6.45, 7) is 3.84. The van der Waals surface area contributed by atoms with Crippen LogP contribution in [0.3, 0.4) is 0 Å². The largest absolute Gasteiger partial charge is 0.494 e. The highest BCUT2D eigenvalue weighted by Crippen LogP contribution is 2.49. The summed E-state index contributed by atoms with van der Waals surface area (Å²) in [6, 6.07) is 4.88. The quantitative estimate of drug-likeness (QED) is 0.730. The van der Waals surface area contributed by atoms with Crippen molar-refractivity contribution >= 4 is 17.5 Å². The van der Waals surface area contributed by atoms with Crippen LogP contribution in [0.1, 0.15) is 18.4 Å². The normalized spacial score (nSPS) is 25.7. The Kier molecular flexibility index (Phi) is 4.96. The van der Waals surface area contributed by atoms with Gasteiger partial charge in [-0.05, 0) is 24.1 Å². The second-order valence-electron chi connectivity index (χ2n) is 5.75. The molecule has 0 spiro atoms. The Bertz CT molecular complexity index is 688. The first-order valence-corrected chi connectivity index (χ1v) is 8.66. The topological polar surface area (TPSA) is 44.8 Å². The summed E-state index contributed by atoms with van der Waals surface area (Å²) in [6.07, 6.45) is 4.42. The maximum Gasteiger partial charge on any atom is 0.190 e. The van der Waals surface area contributed by atoms with E-state index in [1.807, 2.05) is 6.07 Å². The third-order valence-electron chi connectivity index (χ3n) is 4.21. The van der Waals surface area contributed by atoms with E-state index >= 15 is 0 Å². The van der Waals surface area contributed by atoms with Gasteiger partial charge in [-0.25, -0.2) is 4.39 Å². The van der Waals surface area contributed by atoms with Crippen LogP contribution in [0, 0.1) is 11.7 Å². The number of hydrogen-bond acceptors (Lipinski definition) is 5. The molecule has 1 fully saturated rings. The number of ketones is 1. The van der Waals surface area contributed by atoms with Crippen molar-refractivity contribution in [1.82, 2.24) is 0 Å². The summed E-state index contributed by atoms with van der Waals surface area (Å²) in [5.74, 6) is 0.811. The molecule has 0 unspecified atom stereocenters. The Morgan fingerprint density at radius 3 is 3.08 bits per heavy atom. The van der Waals surface area contributed by atoms with E-state index in [1.54, 1.807) is 12.1 Å². The zero-order valence-corrected chi connectivity index (χ0v) is 14.2. The van der Waals surface area contributed by atoms with Crippen LogP contribution in [-0.4, -0.2) is 24.6 Å². The molecule has 0 bridgehead atoms. The molecule has 0 radical (unpaired) electrons. The molecule has 2 aliphatic rings. The highest BCUT2D eigenvalue weighted by molar-refractivity contribution is 7.99. The predicted octanol–water partition coefficient (Wildman–Crippen LogP) is 3.82. The molecule has 0 amide bonds. The van der Waals surface area contributed by atoms with E-state index < -0.39 is 10.8 Å². The van der Waals surface area contributed by atoms with Gasteiger partial charge in [0.1, 0.15) is 5.76 Å². The van der Waals surface area contributed by atoms with Gasteiger partial charge in [0, 0.05) is 24.2 Å². The summed E-state index contributed by atoms with van der Waals surface area (Å²) < 4.78 is 30.1. The van der Waals surface area contributed by atoms with Gasteiger partial charge in [-0.1, -0.05) is 12.1 Å². The molecule has 24 heavy (non-hydrogen) atoms. The zero-order valence-electron chi connectivity index (χ0n) is 13.4. The number of hydrogen-bond donors (Lipinski definition) is 0. The first kappa shape index (κ1) is 17.0. The second kappa shape index (κ2) is 6.99. The number of ether oxygens (including phenoxy) is 3. The van der Waals surface area contributed by atoms with Crippen LogP contribution >= 0.6 is 11.8 Å². The maximum absolute atomic E-state index is 13.8. The van der Waals surface area contributed by atoms with Crippen molar-refractivity contribution in [3.63, 3.8) is 0 Å². The van der Waals surface area contributed by atoms with Crippen molar-refractivity contribution in [2.45, 2.75) is 23.5 Å². The van der Waals surface area contributed by atoms with Gasteiger partial charge >= 0.3 is 0 Å². The number of halogens is 1. The lowest BCUT2D eigenvalue weighted by Gasteiger charge is -2.33. The predicted molar refractivity (Wildman–Crippen MR) is 90.0 cm³/mol. The van der Waals surface area contributed by atoms with Crippen LogP contribution in [0.2, 0.25) is 0 Å².